The fourth-order valence-electron chi connectivity index (χ4n) is 2.71. The number of hydrogen-bond acceptors (Lipinski definition) is 5. The smallest absolute Gasteiger partial charge is 0.311 e. The van der Waals surface area contributed by atoms with Gasteiger partial charge in [0.1, 0.15) is 6.61 Å². The molecule has 1 heterocycles. The standard InChI is InChI=1S/C21H22N2O3S/c1-21(2,3)20(25)26-11-18(22-12-24)15-9-7-14(8-10-15)16-5-4-6-17-19(16)27-13-23-17/h4-10,12-13,18H,11H2,1-3H3,(H,22,24). The lowest BCUT2D eigenvalue weighted by molar-refractivity contribution is -0.154. The monoisotopic (exact) mass is 382 g/mol. The van der Waals surface area contributed by atoms with E-state index in [1.54, 1.807) is 32.1 Å². The number of aromatic nitrogens is 1. The van der Waals surface area contributed by atoms with E-state index < -0.39 is 5.41 Å². The first-order valence-electron chi connectivity index (χ1n) is 8.69. The van der Waals surface area contributed by atoms with Crippen molar-refractivity contribution in [3.8, 4) is 11.1 Å². The highest BCUT2D eigenvalue weighted by Gasteiger charge is 2.24. The fourth-order valence-corrected chi connectivity index (χ4v) is 3.53. The first-order valence-corrected chi connectivity index (χ1v) is 9.57. The van der Waals surface area contributed by atoms with Gasteiger partial charge in [0.05, 0.1) is 27.2 Å². The van der Waals surface area contributed by atoms with Crippen LogP contribution in [0.1, 0.15) is 32.4 Å². The van der Waals surface area contributed by atoms with E-state index in [2.05, 4.69) is 16.4 Å². The van der Waals surface area contributed by atoms with E-state index in [1.165, 1.54) is 0 Å². The highest BCUT2D eigenvalue weighted by atomic mass is 32.1. The summed E-state index contributed by atoms with van der Waals surface area (Å²) in [4.78, 5) is 27.3. The van der Waals surface area contributed by atoms with Gasteiger partial charge in [-0.15, -0.1) is 11.3 Å². The summed E-state index contributed by atoms with van der Waals surface area (Å²) in [5.41, 5.74) is 5.32. The topological polar surface area (TPSA) is 68.3 Å². The summed E-state index contributed by atoms with van der Waals surface area (Å²) in [7, 11) is 0. The molecule has 0 aliphatic rings. The van der Waals surface area contributed by atoms with Gasteiger partial charge in [-0.05, 0) is 38.0 Å². The van der Waals surface area contributed by atoms with Crippen molar-refractivity contribution in [1.82, 2.24) is 10.3 Å². The van der Waals surface area contributed by atoms with Gasteiger partial charge in [0.2, 0.25) is 6.41 Å². The number of fused-ring (bicyclic) bond motifs is 1. The summed E-state index contributed by atoms with van der Waals surface area (Å²) in [6.07, 6.45) is 0.627. The number of nitrogens with one attached hydrogen (secondary N) is 1. The lowest BCUT2D eigenvalue weighted by Gasteiger charge is -2.21. The minimum atomic E-state index is -0.580. The largest absolute Gasteiger partial charge is 0.463 e. The SMILES string of the molecule is CC(C)(C)C(=O)OCC(NC=O)c1ccc(-c2cccc3ncsc23)cc1. The average Bonchev–Trinajstić information content (AvgIpc) is 3.13. The molecule has 0 saturated heterocycles. The van der Waals surface area contributed by atoms with Gasteiger partial charge in [-0.3, -0.25) is 9.59 Å². The zero-order chi connectivity index (χ0) is 19.4. The Balaban J connectivity index is 1.80. The molecule has 1 N–H and O–H groups in total. The van der Waals surface area contributed by atoms with Crippen LogP contribution in [0.5, 0.6) is 0 Å². The van der Waals surface area contributed by atoms with Gasteiger partial charge in [0, 0.05) is 5.56 Å². The minimum Gasteiger partial charge on any atom is -0.463 e. The predicted molar refractivity (Wildman–Crippen MR) is 107 cm³/mol. The Morgan fingerprint density at radius 2 is 1.96 bits per heavy atom. The third kappa shape index (κ3) is 4.34. The van der Waals surface area contributed by atoms with Crippen LogP contribution in [-0.2, 0) is 14.3 Å². The molecule has 0 aliphatic carbocycles. The lowest BCUT2D eigenvalue weighted by Crippen LogP contribution is -2.29. The molecule has 1 atom stereocenters. The lowest BCUT2D eigenvalue weighted by atomic mass is 9.97. The Hall–Kier alpha value is -2.73. The van der Waals surface area contributed by atoms with Crippen molar-refractivity contribution < 1.29 is 14.3 Å². The molecule has 2 aromatic carbocycles. The van der Waals surface area contributed by atoms with Crippen molar-refractivity contribution in [1.29, 1.82) is 0 Å². The Kier molecular flexibility index (Phi) is 5.56. The van der Waals surface area contributed by atoms with Gasteiger partial charge in [0.15, 0.2) is 0 Å². The number of ether oxygens (including phenoxy) is 1. The summed E-state index contributed by atoms with van der Waals surface area (Å²) in [6.45, 7) is 5.49. The number of carbonyl (C=O) groups is 2. The number of amides is 1. The molecule has 140 valence electrons. The summed E-state index contributed by atoms with van der Waals surface area (Å²) in [5.74, 6) is -0.298. The van der Waals surface area contributed by atoms with Crippen LogP contribution in [0.2, 0.25) is 0 Å². The van der Waals surface area contributed by atoms with Gasteiger partial charge < -0.3 is 10.1 Å². The second-order valence-electron chi connectivity index (χ2n) is 7.31. The molecule has 27 heavy (non-hydrogen) atoms. The molecule has 1 aromatic heterocycles. The molecule has 0 spiro atoms. The molecule has 5 nitrogen and oxygen atoms in total. The van der Waals surface area contributed by atoms with Crippen molar-refractivity contribution in [3.05, 3.63) is 53.5 Å². The Morgan fingerprint density at radius 1 is 1.22 bits per heavy atom. The zero-order valence-electron chi connectivity index (χ0n) is 15.6. The summed E-state index contributed by atoms with van der Waals surface area (Å²) in [6, 6.07) is 13.6. The number of nitrogens with zero attached hydrogens (tertiary/aromatic N) is 1. The summed E-state index contributed by atoms with van der Waals surface area (Å²) < 4.78 is 6.52. The van der Waals surface area contributed by atoms with Gasteiger partial charge in [-0.1, -0.05) is 36.4 Å². The van der Waals surface area contributed by atoms with E-state index in [0.29, 0.717) is 6.41 Å². The zero-order valence-corrected chi connectivity index (χ0v) is 16.4. The molecule has 1 unspecified atom stereocenters. The van der Waals surface area contributed by atoms with Crippen molar-refractivity contribution >= 4 is 33.9 Å². The molecule has 0 aliphatic heterocycles. The van der Waals surface area contributed by atoms with Crippen LogP contribution in [-0.4, -0.2) is 24.0 Å². The Labute approximate surface area is 162 Å². The third-order valence-electron chi connectivity index (χ3n) is 4.24. The number of rotatable bonds is 6. The molecule has 0 saturated carbocycles. The van der Waals surface area contributed by atoms with Crippen LogP contribution in [0.15, 0.2) is 48.0 Å². The maximum Gasteiger partial charge on any atom is 0.311 e. The van der Waals surface area contributed by atoms with Gasteiger partial charge in [0.25, 0.3) is 0 Å². The molecule has 3 aromatic rings. The average molecular weight is 382 g/mol. The molecule has 3 rings (SSSR count). The Bertz CT molecular complexity index is 942. The Morgan fingerprint density at radius 3 is 2.63 bits per heavy atom. The molecule has 0 bridgehead atoms. The van der Waals surface area contributed by atoms with Crippen LogP contribution in [0.3, 0.4) is 0 Å². The van der Waals surface area contributed by atoms with Crippen molar-refractivity contribution in [2.75, 3.05) is 6.61 Å². The molecular weight excluding hydrogens is 360 g/mol. The normalized spacial score (nSPS) is 12.6. The molecular formula is C21H22N2O3S. The molecule has 6 heteroatoms. The maximum atomic E-state index is 12.0. The van der Waals surface area contributed by atoms with Gasteiger partial charge in [-0.2, -0.15) is 0 Å². The first-order chi connectivity index (χ1) is 12.9. The second kappa shape index (κ2) is 7.88. The molecule has 0 radical (unpaired) electrons. The van der Waals surface area contributed by atoms with Gasteiger partial charge >= 0.3 is 5.97 Å². The first kappa shape index (κ1) is 19.0. The van der Waals surface area contributed by atoms with E-state index >= 15 is 0 Å². The number of benzene rings is 2. The summed E-state index contributed by atoms with van der Waals surface area (Å²) >= 11 is 1.61. The van der Waals surface area contributed by atoms with E-state index in [1.807, 2.05) is 41.9 Å². The van der Waals surface area contributed by atoms with Crippen LogP contribution >= 0.6 is 11.3 Å². The molecule has 1 amide bonds. The van der Waals surface area contributed by atoms with Crippen molar-refractivity contribution in [2.45, 2.75) is 26.8 Å². The van der Waals surface area contributed by atoms with E-state index in [0.717, 1.165) is 26.9 Å². The minimum absolute atomic E-state index is 0.0959. The quantitative estimate of drug-likeness (QED) is 0.509. The van der Waals surface area contributed by atoms with Crippen LogP contribution < -0.4 is 5.32 Å². The van der Waals surface area contributed by atoms with E-state index in [4.69, 9.17) is 4.74 Å². The molecule has 0 fully saturated rings. The third-order valence-corrected chi connectivity index (χ3v) is 5.12. The predicted octanol–water partition coefficient (Wildman–Crippen LogP) is 4.34. The van der Waals surface area contributed by atoms with Crippen LogP contribution in [0.25, 0.3) is 21.3 Å². The number of hydrogen-bond donors (Lipinski definition) is 1. The number of esters is 1. The highest BCUT2D eigenvalue weighted by molar-refractivity contribution is 7.17. The van der Waals surface area contributed by atoms with E-state index in [9.17, 15) is 9.59 Å². The fraction of sp³-hybridized carbons (Fsp3) is 0.286. The van der Waals surface area contributed by atoms with Crippen LogP contribution in [0.4, 0.5) is 0 Å². The van der Waals surface area contributed by atoms with Crippen molar-refractivity contribution in [3.63, 3.8) is 0 Å². The van der Waals surface area contributed by atoms with E-state index in [-0.39, 0.29) is 18.6 Å². The maximum absolute atomic E-state index is 12.0. The number of carbonyl (C=O) groups excluding carboxylic acids is 2. The summed E-state index contributed by atoms with van der Waals surface area (Å²) in [5, 5.41) is 2.72. The van der Waals surface area contributed by atoms with Crippen LogP contribution in [0, 0.1) is 5.41 Å². The van der Waals surface area contributed by atoms with Crippen molar-refractivity contribution in [2.24, 2.45) is 5.41 Å². The number of thiazole rings is 1. The highest BCUT2D eigenvalue weighted by Crippen LogP contribution is 2.31. The van der Waals surface area contributed by atoms with Gasteiger partial charge in [-0.25, -0.2) is 4.98 Å². The second-order valence-corrected chi connectivity index (χ2v) is 8.17.